The Morgan fingerprint density at radius 3 is 2.48 bits per heavy atom. The first-order valence-electron chi connectivity index (χ1n) is 9.01. The molecule has 1 heterocycles. The van der Waals surface area contributed by atoms with E-state index in [9.17, 15) is 8.42 Å². The van der Waals surface area contributed by atoms with Gasteiger partial charge < -0.3 is 5.11 Å². The third-order valence-corrected chi connectivity index (χ3v) is 7.45. The summed E-state index contributed by atoms with van der Waals surface area (Å²) in [4.78, 5) is 2.37. The average molecular weight is 409 g/mol. The lowest BCUT2D eigenvalue weighted by molar-refractivity contribution is 0.184. The molecule has 27 heavy (non-hydrogen) atoms. The molecule has 2 aromatic carbocycles. The molecule has 0 radical (unpaired) electrons. The first kappa shape index (κ1) is 20.3. The van der Waals surface area contributed by atoms with Crippen LogP contribution in [0.15, 0.2) is 47.4 Å². The van der Waals surface area contributed by atoms with Gasteiger partial charge in [-0.2, -0.15) is 4.31 Å². The Balaban J connectivity index is 1.82. The number of benzene rings is 2. The van der Waals surface area contributed by atoms with Gasteiger partial charge in [0.25, 0.3) is 0 Å². The van der Waals surface area contributed by atoms with Gasteiger partial charge in [-0.1, -0.05) is 35.9 Å². The minimum Gasteiger partial charge on any atom is -0.395 e. The van der Waals surface area contributed by atoms with Crippen molar-refractivity contribution < 1.29 is 13.5 Å². The number of nitrogens with zero attached hydrogens (tertiary/aromatic N) is 2. The number of aryl methyl sites for hydroxylation is 1. The first-order valence-corrected chi connectivity index (χ1v) is 10.8. The second-order valence-corrected chi connectivity index (χ2v) is 9.34. The molecular formula is C20H25ClN2O3S. The largest absolute Gasteiger partial charge is 0.395 e. The number of aliphatic hydroxyl groups excluding tert-OH is 1. The van der Waals surface area contributed by atoms with Crippen molar-refractivity contribution in [2.24, 2.45) is 0 Å². The fourth-order valence-electron chi connectivity index (χ4n) is 3.53. The van der Waals surface area contributed by atoms with Crippen molar-refractivity contribution in [2.75, 3.05) is 33.3 Å². The number of halogens is 1. The molecule has 0 spiro atoms. The van der Waals surface area contributed by atoms with Crippen LogP contribution in [0.3, 0.4) is 0 Å². The van der Waals surface area contributed by atoms with Crippen LogP contribution in [0, 0.1) is 6.92 Å². The molecule has 146 valence electrons. The van der Waals surface area contributed by atoms with E-state index in [-0.39, 0.29) is 12.6 Å². The van der Waals surface area contributed by atoms with E-state index in [1.54, 1.807) is 10.4 Å². The van der Waals surface area contributed by atoms with Crippen LogP contribution in [0.4, 0.5) is 0 Å². The predicted octanol–water partition coefficient (Wildman–Crippen LogP) is 3.00. The van der Waals surface area contributed by atoms with Crippen LogP contribution < -0.4 is 0 Å². The molecule has 1 atom stereocenters. The van der Waals surface area contributed by atoms with Gasteiger partial charge in [0.15, 0.2) is 0 Å². The molecule has 1 aliphatic heterocycles. The van der Waals surface area contributed by atoms with Crippen molar-refractivity contribution in [3.63, 3.8) is 0 Å². The Morgan fingerprint density at radius 1 is 1.19 bits per heavy atom. The minimum atomic E-state index is -3.53. The summed E-state index contributed by atoms with van der Waals surface area (Å²) in [5.41, 5.74) is 2.69. The number of hydrogen-bond acceptors (Lipinski definition) is 4. The van der Waals surface area contributed by atoms with Crippen LogP contribution in [-0.2, 0) is 10.0 Å². The molecule has 3 rings (SSSR count). The van der Waals surface area contributed by atoms with Crippen LogP contribution in [-0.4, -0.2) is 62.1 Å². The molecule has 0 aliphatic carbocycles. The number of rotatable bonds is 6. The minimum absolute atomic E-state index is 0.0744. The molecule has 7 heteroatoms. The molecule has 0 aromatic heterocycles. The van der Waals surface area contributed by atoms with Crippen molar-refractivity contribution >= 4 is 21.6 Å². The fraction of sp³-hybridized carbons (Fsp3) is 0.400. The summed E-state index contributed by atoms with van der Waals surface area (Å²) in [6.45, 7) is 3.41. The SMILES string of the molecule is Cc1cc(-c2ccc(Cl)cc2)ccc1S(=O)(=O)N1CCC(N(C)CCO)C1. The lowest BCUT2D eigenvalue weighted by Gasteiger charge is -2.24. The summed E-state index contributed by atoms with van der Waals surface area (Å²) in [5, 5.41) is 9.76. The Morgan fingerprint density at radius 2 is 1.85 bits per heavy atom. The highest BCUT2D eigenvalue weighted by atomic mass is 35.5. The monoisotopic (exact) mass is 408 g/mol. The lowest BCUT2D eigenvalue weighted by atomic mass is 10.0. The Labute approximate surface area is 166 Å². The van der Waals surface area contributed by atoms with Crippen LogP contribution in [0.25, 0.3) is 11.1 Å². The van der Waals surface area contributed by atoms with Crippen molar-refractivity contribution in [3.8, 4) is 11.1 Å². The molecule has 1 fully saturated rings. The molecule has 0 bridgehead atoms. The van der Waals surface area contributed by atoms with Gasteiger partial charge in [0, 0.05) is 30.7 Å². The highest BCUT2D eigenvalue weighted by Crippen LogP contribution is 2.29. The molecular weight excluding hydrogens is 384 g/mol. The van der Waals surface area contributed by atoms with Crippen molar-refractivity contribution in [2.45, 2.75) is 24.3 Å². The highest BCUT2D eigenvalue weighted by Gasteiger charge is 2.34. The molecule has 0 amide bonds. The molecule has 1 saturated heterocycles. The van der Waals surface area contributed by atoms with Crippen molar-refractivity contribution in [1.82, 2.24) is 9.21 Å². The van der Waals surface area contributed by atoms with Crippen LogP contribution in [0.5, 0.6) is 0 Å². The summed E-state index contributed by atoms with van der Waals surface area (Å²) in [5.74, 6) is 0. The number of hydrogen-bond donors (Lipinski definition) is 1. The number of aliphatic hydroxyl groups is 1. The topological polar surface area (TPSA) is 60.9 Å². The second kappa shape index (κ2) is 8.29. The summed E-state index contributed by atoms with van der Waals surface area (Å²) in [6, 6.07) is 13.1. The summed E-state index contributed by atoms with van der Waals surface area (Å²) in [7, 11) is -1.61. The second-order valence-electron chi connectivity index (χ2n) is 7.00. The zero-order valence-corrected chi connectivity index (χ0v) is 17.2. The van der Waals surface area contributed by atoms with Crippen LogP contribution >= 0.6 is 11.6 Å². The Hall–Kier alpha value is -1.44. The van der Waals surface area contributed by atoms with Crippen LogP contribution in [0.1, 0.15) is 12.0 Å². The van der Waals surface area contributed by atoms with Crippen molar-refractivity contribution in [3.05, 3.63) is 53.1 Å². The molecule has 0 saturated carbocycles. The van der Waals surface area contributed by atoms with Gasteiger partial charge in [-0.3, -0.25) is 4.90 Å². The first-order chi connectivity index (χ1) is 12.8. The van der Waals surface area contributed by atoms with E-state index in [1.807, 2.05) is 55.3 Å². The van der Waals surface area contributed by atoms with E-state index < -0.39 is 10.0 Å². The maximum atomic E-state index is 13.1. The third kappa shape index (κ3) is 4.36. The maximum absolute atomic E-state index is 13.1. The van der Waals surface area contributed by atoms with Crippen molar-refractivity contribution in [1.29, 1.82) is 0 Å². The normalized spacial score (nSPS) is 18.3. The molecule has 1 unspecified atom stereocenters. The van der Waals surface area contributed by atoms with Gasteiger partial charge in [0.05, 0.1) is 11.5 Å². The standard InChI is InChI=1S/C20H25ClN2O3S/c1-15-13-17(16-3-6-18(21)7-4-16)5-8-20(15)27(25,26)23-10-9-19(14-23)22(2)11-12-24/h3-8,13,19,24H,9-12,14H2,1-2H3. The Bertz CT molecular complexity index is 900. The summed E-state index contributed by atoms with van der Waals surface area (Å²) < 4.78 is 27.8. The smallest absolute Gasteiger partial charge is 0.243 e. The fourth-order valence-corrected chi connectivity index (χ4v) is 5.35. The van der Waals surface area contributed by atoms with Gasteiger partial charge in [-0.15, -0.1) is 0 Å². The van der Waals surface area contributed by atoms with E-state index in [1.165, 1.54) is 0 Å². The zero-order valence-electron chi connectivity index (χ0n) is 15.6. The third-order valence-electron chi connectivity index (χ3n) is 5.17. The molecule has 5 nitrogen and oxygen atoms in total. The average Bonchev–Trinajstić information content (AvgIpc) is 3.13. The highest BCUT2D eigenvalue weighted by molar-refractivity contribution is 7.89. The lowest BCUT2D eigenvalue weighted by Crippen LogP contribution is -2.38. The number of likely N-dealkylation sites (N-methyl/N-ethyl adjacent to an activating group) is 1. The molecule has 1 N–H and O–H groups in total. The van der Waals surface area contributed by atoms with Gasteiger partial charge in [-0.05, 0) is 55.3 Å². The van der Waals surface area contributed by atoms with E-state index in [0.717, 1.165) is 23.1 Å². The van der Waals surface area contributed by atoms with Gasteiger partial charge >= 0.3 is 0 Å². The number of sulfonamides is 1. The summed E-state index contributed by atoms with van der Waals surface area (Å²) in [6.07, 6.45) is 0.775. The predicted molar refractivity (Wildman–Crippen MR) is 109 cm³/mol. The summed E-state index contributed by atoms with van der Waals surface area (Å²) >= 11 is 5.94. The Kier molecular flexibility index (Phi) is 6.23. The van der Waals surface area contributed by atoms with Crippen LogP contribution in [0.2, 0.25) is 5.02 Å². The van der Waals surface area contributed by atoms with E-state index in [2.05, 4.69) is 0 Å². The van der Waals surface area contributed by atoms with E-state index >= 15 is 0 Å². The van der Waals surface area contributed by atoms with Gasteiger partial charge in [0.2, 0.25) is 10.0 Å². The maximum Gasteiger partial charge on any atom is 0.243 e. The van der Waals surface area contributed by atoms with Gasteiger partial charge in [0.1, 0.15) is 0 Å². The van der Waals surface area contributed by atoms with E-state index in [0.29, 0.717) is 29.6 Å². The zero-order chi connectivity index (χ0) is 19.6. The van der Waals surface area contributed by atoms with E-state index in [4.69, 9.17) is 16.7 Å². The quantitative estimate of drug-likeness (QED) is 0.798. The van der Waals surface area contributed by atoms with Gasteiger partial charge in [-0.25, -0.2) is 8.42 Å². The molecule has 2 aromatic rings. The molecule has 1 aliphatic rings.